The summed E-state index contributed by atoms with van der Waals surface area (Å²) < 4.78 is 5.59. The van der Waals surface area contributed by atoms with Gasteiger partial charge in [-0.15, -0.1) is 0 Å². The largest absolute Gasteiger partial charge is 0.457 e. The predicted molar refractivity (Wildman–Crippen MR) is 114 cm³/mol. The molecule has 2 heterocycles. The number of benzene rings is 2. The molecule has 2 aromatic carbocycles. The molecule has 0 aliphatic carbocycles. The Balaban J connectivity index is 1.72. The standard InChI is InChI=1S/C22H19ClN2O3S/c1-14-19(21(27)28-13-15-6-3-2-4-7-15)20(16-8-5-9-17(23)12-16)25-18(26)10-11-29-22(25)24-14/h2-9,12,20H,10-11,13H2,1H3/t20-/m0/s1. The van der Waals surface area contributed by atoms with Crippen LogP contribution in [0, 0.1) is 0 Å². The van der Waals surface area contributed by atoms with E-state index in [1.165, 1.54) is 11.8 Å². The Morgan fingerprint density at radius 3 is 2.79 bits per heavy atom. The van der Waals surface area contributed by atoms with E-state index < -0.39 is 12.0 Å². The number of carbonyl (C=O) groups is 2. The summed E-state index contributed by atoms with van der Waals surface area (Å²) in [5.74, 6) is 0.133. The Kier molecular flexibility index (Phi) is 5.74. The van der Waals surface area contributed by atoms with Gasteiger partial charge in [0.2, 0.25) is 5.91 Å². The van der Waals surface area contributed by atoms with Gasteiger partial charge in [0, 0.05) is 17.2 Å². The lowest BCUT2D eigenvalue weighted by Gasteiger charge is -2.39. The maximum Gasteiger partial charge on any atom is 0.338 e. The minimum absolute atomic E-state index is 0.0617. The van der Waals surface area contributed by atoms with Crippen LogP contribution >= 0.6 is 23.4 Å². The van der Waals surface area contributed by atoms with Crippen molar-refractivity contribution >= 4 is 40.4 Å². The van der Waals surface area contributed by atoms with E-state index in [1.54, 1.807) is 24.0 Å². The number of aliphatic imine (C=N–C) groups is 1. The van der Waals surface area contributed by atoms with Gasteiger partial charge >= 0.3 is 5.97 Å². The second kappa shape index (κ2) is 8.43. The fourth-order valence-corrected chi connectivity index (χ4v) is 4.66. The number of amidine groups is 1. The molecule has 0 spiro atoms. The first kappa shape index (κ1) is 19.7. The van der Waals surface area contributed by atoms with Crippen molar-refractivity contribution in [1.29, 1.82) is 0 Å². The number of amides is 1. The number of nitrogens with zero attached hydrogens (tertiary/aromatic N) is 2. The van der Waals surface area contributed by atoms with Gasteiger partial charge in [0.1, 0.15) is 6.61 Å². The lowest BCUT2D eigenvalue weighted by atomic mass is 9.94. The van der Waals surface area contributed by atoms with Crippen LogP contribution in [0.3, 0.4) is 0 Å². The molecular weight excluding hydrogens is 408 g/mol. The van der Waals surface area contributed by atoms with E-state index in [-0.39, 0.29) is 12.5 Å². The average molecular weight is 427 g/mol. The Morgan fingerprint density at radius 2 is 2.03 bits per heavy atom. The minimum Gasteiger partial charge on any atom is -0.457 e. The SMILES string of the molecule is CC1=C(C(=O)OCc2ccccc2)[C@H](c2cccc(Cl)c2)N2C(=O)CCSC2=N1. The average Bonchev–Trinajstić information content (AvgIpc) is 2.72. The first-order chi connectivity index (χ1) is 14.0. The maximum absolute atomic E-state index is 13.1. The molecule has 0 bridgehead atoms. The van der Waals surface area contributed by atoms with Gasteiger partial charge in [-0.25, -0.2) is 9.79 Å². The van der Waals surface area contributed by atoms with E-state index in [0.29, 0.717) is 33.6 Å². The topological polar surface area (TPSA) is 59.0 Å². The summed E-state index contributed by atoms with van der Waals surface area (Å²) >= 11 is 7.73. The van der Waals surface area contributed by atoms with E-state index in [4.69, 9.17) is 16.3 Å². The van der Waals surface area contributed by atoms with Crippen LogP contribution in [0.5, 0.6) is 0 Å². The smallest absolute Gasteiger partial charge is 0.338 e. The maximum atomic E-state index is 13.1. The number of allylic oxidation sites excluding steroid dienone is 1. The van der Waals surface area contributed by atoms with Crippen LogP contribution in [0.2, 0.25) is 5.02 Å². The number of hydrogen-bond acceptors (Lipinski definition) is 5. The second-order valence-electron chi connectivity index (χ2n) is 6.77. The molecular formula is C22H19ClN2O3S. The van der Waals surface area contributed by atoms with Crippen molar-refractivity contribution in [3.05, 3.63) is 82.0 Å². The summed E-state index contributed by atoms with van der Waals surface area (Å²) in [6.07, 6.45) is 0.395. The minimum atomic E-state index is -0.607. The van der Waals surface area contributed by atoms with Crippen LogP contribution in [0.25, 0.3) is 0 Å². The summed E-state index contributed by atoms with van der Waals surface area (Å²) in [7, 11) is 0. The summed E-state index contributed by atoms with van der Waals surface area (Å²) in [4.78, 5) is 32.0. The molecule has 1 atom stereocenters. The van der Waals surface area contributed by atoms with Gasteiger partial charge in [-0.3, -0.25) is 9.69 Å². The molecule has 0 radical (unpaired) electrons. The monoisotopic (exact) mass is 426 g/mol. The van der Waals surface area contributed by atoms with Gasteiger partial charge in [-0.1, -0.05) is 65.8 Å². The van der Waals surface area contributed by atoms with Crippen molar-refractivity contribution in [2.75, 3.05) is 5.75 Å². The van der Waals surface area contributed by atoms with E-state index in [2.05, 4.69) is 4.99 Å². The summed E-state index contributed by atoms with van der Waals surface area (Å²) in [6, 6.07) is 16.1. The molecule has 2 aliphatic heterocycles. The molecule has 29 heavy (non-hydrogen) atoms. The van der Waals surface area contributed by atoms with Crippen LogP contribution < -0.4 is 0 Å². The highest BCUT2D eigenvalue weighted by molar-refractivity contribution is 8.14. The molecule has 5 nitrogen and oxygen atoms in total. The molecule has 0 saturated carbocycles. The zero-order valence-corrected chi connectivity index (χ0v) is 17.4. The van der Waals surface area contributed by atoms with Crippen molar-refractivity contribution in [2.45, 2.75) is 26.0 Å². The third-order valence-electron chi connectivity index (χ3n) is 4.80. The Bertz CT molecular complexity index is 1020. The van der Waals surface area contributed by atoms with E-state index >= 15 is 0 Å². The molecule has 7 heteroatoms. The number of esters is 1. The van der Waals surface area contributed by atoms with Crippen LogP contribution in [0.15, 0.2) is 70.9 Å². The molecule has 0 unspecified atom stereocenters. The predicted octanol–water partition coefficient (Wildman–Crippen LogP) is 4.73. The Labute approximate surface area is 178 Å². The molecule has 0 aromatic heterocycles. The molecule has 1 fully saturated rings. The number of thioether (sulfide) groups is 1. The molecule has 2 aromatic rings. The van der Waals surface area contributed by atoms with Crippen molar-refractivity contribution in [2.24, 2.45) is 4.99 Å². The van der Waals surface area contributed by atoms with Gasteiger partial charge in [0.05, 0.1) is 17.3 Å². The van der Waals surface area contributed by atoms with Gasteiger partial charge in [-0.05, 0) is 30.2 Å². The Hall–Kier alpha value is -2.57. The first-order valence-corrected chi connectivity index (χ1v) is 10.6. The normalized spacial score (nSPS) is 19.0. The van der Waals surface area contributed by atoms with E-state index in [1.807, 2.05) is 42.5 Å². The molecule has 1 amide bonds. The third kappa shape index (κ3) is 4.09. The number of hydrogen-bond donors (Lipinski definition) is 0. The second-order valence-corrected chi connectivity index (χ2v) is 8.27. The van der Waals surface area contributed by atoms with Crippen molar-refractivity contribution in [3.8, 4) is 0 Å². The number of ether oxygens (including phenoxy) is 1. The number of rotatable bonds is 4. The zero-order valence-electron chi connectivity index (χ0n) is 15.8. The molecule has 1 saturated heterocycles. The Morgan fingerprint density at radius 1 is 1.24 bits per heavy atom. The van der Waals surface area contributed by atoms with E-state index in [9.17, 15) is 9.59 Å². The quantitative estimate of drug-likeness (QED) is 0.663. The highest BCUT2D eigenvalue weighted by Gasteiger charge is 2.41. The number of carbonyl (C=O) groups excluding carboxylic acids is 2. The summed E-state index contributed by atoms with van der Waals surface area (Å²) in [6.45, 7) is 1.93. The van der Waals surface area contributed by atoms with Crippen LogP contribution in [0.4, 0.5) is 0 Å². The lowest BCUT2D eigenvalue weighted by Crippen LogP contribution is -2.45. The van der Waals surface area contributed by atoms with Crippen LogP contribution in [0.1, 0.15) is 30.5 Å². The van der Waals surface area contributed by atoms with Gasteiger partial charge in [-0.2, -0.15) is 0 Å². The van der Waals surface area contributed by atoms with Gasteiger partial charge in [0.15, 0.2) is 5.17 Å². The molecule has 2 aliphatic rings. The zero-order chi connectivity index (χ0) is 20.4. The molecule has 4 rings (SSSR count). The fourth-order valence-electron chi connectivity index (χ4n) is 3.45. The van der Waals surface area contributed by atoms with Gasteiger partial charge in [0.25, 0.3) is 0 Å². The number of halogens is 1. The van der Waals surface area contributed by atoms with Crippen LogP contribution in [-0.2, 0) is 20.9 Å². The molecule has 148 valence electrons. The lowest BCUT2D eigenvalue weighted by molar-refractivity contribution is -0.141. The van der Waals surface area contributed by atoms with Crippen molar-refractivity contribution in [1.82, 2.24) is 4.90 Å². The first-order valence-electron chi connectivity index (χ1n) is 9.25. The number of fused-ring (bicyclic) bond motifs is 1. The van der Waals surface area contributed by atoms with E-state index in [0.717, 1.165) is 11.1 Å². The third-order valence-corrected chi connectivity index (χ3v) is 5.99. The van der Waals surface area contributed by atoms with Gasteiger partial charge < -0.3 is 4.74 Å². The summed E-state index contributed by atoms with van der Waals surface area (Å²) in [5, 5.41) is 1.15. The summed E-state index contributed by atoms with van der Waals surface area (Å²) in [5.41, 5.74) is 2.57. The van der Waals surface area contributed by atoms with Crippen molar-refractivity contribution in [3.63, 3.8) is 0 Å². The highest BCUT2D eigenvalue weighted by Crippen LogP contribution is 2.40. The molecule has 0 N–H and O–H groups in total. The van der Waals surface area contributed by atoms with Crippen LogP contribution in [-0.4, -0.2) is 27.7 Å². The highest BCUT2D eigenvalue weighted by atomic mass is 35.5. The fraction of sp³-hybridized carbons (Fsp3) is 0.227. The van der Waals surface area contributed by atoms with Crippen molar-refractivity contribution < 1.29 is 14.3 Å².